The van der Waals surface area contributed by atoms with Gasteiger partial charge in [0.05, 0.1) is 18.0 Å². The molecule has 1 aromatic carbocycles. The molecule has 0 aliphatic heterocycles. The molecule has 2 N–H and O–H groups in total. The Kier molecular flexibility index (Phi) is 5.48. The van der Waals surface area contributed by atoms with Gasteiger partial charge in [0.15, 0.2) is 0 Å². The summed E-state index contributed by atoms with van der Waals surface area (Å²) in [5.74, 6) is 0.801. The number of aromatic nitrogens is 2. The SMILES string of the molecule is CCc1sc2ncnc(NC(CC)CO)c2c1-c1ccc(Br)cc1. The number of benzene rings is 1. The number of aliphatic hydroxyl groups is 1. The fraction of sp³-hybridized carbons (Fsp3) is 0.333. The fourth-order valence-corrected chi connectivity index (χ4v) is 4.09. The van der Waals surface area contributed by atoms with Crippen LogP contribution in [-0.2, 0) is 6.42 Å². The number of anilines is 1. The lowest BCUT2D eigenvalue weighted by Crippen LogP contribution is -2.23. The first-order valence-electron chi connectivity index (χ1n) is 8.07. The quantitative estimate of drug-likeness (QED) is 0.614. The van der Waals surface area contributed by atoms with Crippen molar-refractivity contribution in [1.29, 1.82) is 0 Å². The molecule has 2 heterocycles. The van der Waals surface area contributed by atoms with Gasteiger partial charge in [-0.3, -0.25) is 0 Å². The molecular formula is C18H20BrN3OS. The third kappa shape index (κ3) is 3.31. The van der Waals surface area contributed by atoms with E-state index in [4.69, 9.17) is 0 Å². The van der Waals surface area contributed by atoms with E-state index in [9.17, 15) is 5.11 Å². The van der Waals surface area contributed by atoms with E-state index in [2.05, 4.69) is 62.4 Å². The smallest absolute Gasteiger partial charge is 0.139 e. The second-order valence-electron chi connectivity index (χ2n) is 5.60. The molecule has 3 aromatic rings. The lowest BCUT2D eigenvalue weighted by Gasteiger charge is -2.16. The zero-order valence-electron chi connectivity index (χ0n) is 13.7. The van der Waals surface area contributed by atoms with Gasteiger partial charge in [0.2, 0.25) is 0 Å². The molecule has 0 fully saturated rings. The van der Waals surface area contributed by atoms with Crippen LogP contribution in [0.25, 0.3) is 21.3 Å². The van der Waals surface area contributed by atoms with Gasteiger partial charge >= 0.3 is 0 Å². The van der Waals surface area contributed by atoms with E-state index < -0.39 is 0 Å². The molecule has 0 bridgehead atoms. The van der Waals surface area contributed by atoms with Crippen molar-refractivity contribution in [2.24, 2.45) is 0 Å². The summed E-state index contributed by atoms with van der Waals surface area (Å²) in [5.41, 5.74) is 2.36. The number of hydrogen-bond acceptors (Lipinski definition) is 5. The highest BCUT2D eigenvalue weighted by Gasteiger charge is 2.19. The van der Waals surface area contributed by atoms with Crippen LogP contribution in [-0.4, -0.2) is 27.7 Å². The predicted molar refractivity (Wildman–Crippen MR) is 105 cm³/mol. The zero-order valence-corrected chi connectivity index (χ0v) is 16.1. The van der Waals surface area contributed by atoms with Gasteiger partial charge in [-0.25, -0.2) is 9.97 Å². The number of nitrogens with zero attached hydrogens (tertiary/aromatic N) is 2. The van der Waals surface area contributed by atoms with Crippen molar-refractivity contribution < 1.29 is 5.11 Å². The molecule has 0 saturated heterocycles. The number of nitrogens with one attached hydrogen (secondary N) is 1. The van der Waals surface area contributed by atoms with Crippen molar-refractivity contribution in [1.82, 2.24) is 9.97 Å². The maximum absolute atomic E-state index is 9.52. The molecule has 0 spiro atoms. The van der Waals surface area contributed by atoms with E-state index in [1.54, 1.807) is 17.7 Å². The van der Waals surface area contributed by atoms with Crippen LogP contribution in [0.1, 0.15) is 25.1 Å². The summed E-state index contributed by atoms with van der Waals surface area (Å²) in [6, 6.07) is 8.33. The molecule has 24 heavy (non-hydrogen) atoms. The van der Waals surface area contributed by atoms with Gasteiger partial charge in [-0.1, -0.05) is 41.9 Å². The first-order chi connectivity index (χ1) is 11.7. The Morgan fingerprint density at radius 1 is 1.21 bits per heavy atom. The molecule has 126 valence electrons. The summed E-state index contributed by atoms with van der Waals surface area (Å²) in [4.78, 5) is 11.2. The standard InChI is InChI=1S/C18H20BrN3OS/c1-3-13(9-23)22-17-16-15(11-5-7-12(19)8-6-11)14(4-2)24-18(16)21-10-20-17/h5-8,10,13,23H,3-4,9H2,1-2H3,(H,20,21,22). The number of hydrogen-bond donors (Lipinski definition) is 2. The fourth-order valence-electron chi connectivity index (χ4n) is 2.73. The molecule has 0 aliphatic carbocycles. The third-order valence-corrected chi connectivity index (χ3v) is 5.84. The molecule has 0 saturated carbocycles. The minimum absolute atomic E-state index is 0.00848. The third-order valence-electron chi connectivity index (χ3n) is 4.07. The monoisotopic (exact) mass is 405 g/mol. The number of rotatable bonds is 6. The van der Waals surface area contributed by atoms with Crippen LogP contribution in [0.3, 0.4) is 0 Å². The van der Waals surface area contributed by atoms with E-state index in [0.29, 0.717) is 0 Å². The lowest BCUT2D eigenvalue weighted by molar-refractivity contribution is 0.271. The van der Waals surface area contributed by atoms with Crippen molar-refractivity contribution >= 4 is 43.3 Å². The summed E-state index contributed by atoms with van der Waals surface area (Å²) >= 11 is 5.21. The minimum atomic E-state index is -0.00848. The van der Waals surface area contributed by atoms with Crippen molar-refractivity contribution in [3.63, 3.8) is 0 Å². The molecule has 0 amide bonds. The highest BCUT2D eigenvalue weighted by molar-refractivity contribution is 9.10. The second-order valence-corrected chi connectivity index (χ2v) is 7.59. The molecule has 0 radical (unpaired) electrons. The number of aliphatic hydroxyl groups excluding tert-OH is 1. The van der Waals surface area contributed by atoms with E-state index in [-0.39, 0.29) is 12.6 Å². The molecule has 3 rings (SSSR count). The summed E-state index contributed by atoms with van der Waals surface area (Å²) in [6.45, 7) is 4.30. The van der Waals surface area contributed by atoms with E-state index in [1.807, 2.05) is 6.92 Å². The van der Waals surface area contributed by atoms with Crippen LogP contribution in [0.5, 0.6) is 0 Å². The van der Waals surface area contributed by atoms with Crippen LogP contribution in [0.4, 0.5) is 5.82 Å². The van der Waals surface area contributed by atoms with E-state index >= 15 is 0 Å². The van der Waals surface area contributed by atoms with Crippen molar-refractivity contribution in [2.75, 3.05) is 11.9 Å². The molecule has 0 aliphatic rings. The molecule has 1 unspecified atom stereocenters. The van der Waals surface area contributed by atoms with Crippen molar-refractivity contribution in [2.45, 2.75) is 32.7 Å². The molecule has 6 heteroatoms. The van der Waals surface area contributed by atoms with Gasteiger partial charge < -0.3 is 10.4 Å². The highest BCUT2D eigenvalue weighted by atomic mass is 79.9. The zero-order chi connectivity index (χ0) is 17.1. The van der Waals surface area contributed by atoms with Crippen LogP contribution in [0, 0.1) is 0 Å². The maximum Gasteiger partial charge on any atom is 0.139 e. The van der Waals surface area contributed by atoms with Crippen molar-refractivity contribution in [3.05, 3.63) is 39.9 Å². The average molecular weight is 406 g/mol. The Balaban J connectivity index is 2.20. The van der Waals surface area contributed by atoms with Crippen LogP contribution in [0.15, 0.2) is 35.1 Å². The topological polar surface area (TPSA) is 58.0 Å². The largest absolute Gasteiger partial charge is 0.394 e. The van der Waals surface area contributed by atoms with Gasteiger partial charge in [-0.15, -0.1) is 11.3 Å². The number of fused-ring (bicyclic) bond motifs is 1. The number of halogens is 1. The Hall–Kier alpha value is -1.50. The number of thiophene rings is 1. The Bertz CT molecular complexity index is 828. The van der Waals surface area contributed by atoms with E-state index in [0.717, 1.165) is 38.9 Å². The van der Waals surface area contributed by atoms with E-state index in [1.165, 1.54) is 10.4 Å². The van der Waals surface area contributed by atoms with Gasteiger partial charge in [0.25, 0.3) is 0 Å². The first-order valence-corrected chi connectivity index (χ1v) is 9.68. The molecule has 1 atom stereocenters. The van der Waals surface area contributed by atoms with Crippen LogP contribution < -0.4 is 5.32 Å². The van der Waals surface area contributed by atoms with Crippen LogP contribution >= 0.6 is 27.3 Å². The highest BCUT2D eigenvalue weighted by Crippen LogP contribution is 2.41. The maximum atomic E-state index is 9.52. The first kappa shape index (κ1) is 17.3. The number of aryl methyl sites for hydroxylation is 1. The van der Waals surface area contributed by atoms with Gasteiger partial charge in [0, 0.05) is 14.9 Å². The van der Waals surface area contributed by atoms with Gasteiger partial charge in [-0.2, -0.15) is 0 Å². The summed E-state index contributed by atoms with van der Waals surface area (Å²) in [7, 11) is 0. The second kappa shape index (κ2) is 7.59. The van der Waals surface area contributed by atoms with Crippen LogP contribution in [0.2, 0.25) is 0 Å². The molecule has 4 nitrogen and oxygen atoms in total. The predicted octanol–water partition coefficient (Wildman–Crippen LogP) is 4.87. The minimum Gasteiger partial charge on any atom is -0.394 e. The summed E-state index contributed by atoms with van der Waals surface area (Å²) in [5, 5.41) is 13.9. The summed E-state index contributed by atoms with van der Waals surface area (Å²) < 4.78 is 1.06. The lowest BCUT2D eigenvalue weighted by atomic mass is 10.0. The Labute approximate surface area is 154 Å². The Morgan fingerprint density at radius 3 is 2.58 bits per heavy atom. The molecule has 2 aromatic heterocycles. The Morgan fingerprint density at radius 2 is 1.96 bits per heavy atom. The average Bonchev–Trinajstić information content (AvgIpc) is 2.99. The van der Waals surface area contributed by atoms with Gasteiger partial charge in [-0.05, 0) is 30.5 Å². The summed E-state index contributed by atoms with van der Waals surface area (Å²) in [6.07, 6.45) is 3.37. The van der Waals surface area contributed by atoms with Gasteiger partial charge in [0.1, 0.15) is 17.0 Å². The molecular weight excluding hydrogens is 386 g/mol. The normalized spacial score (nSPS) is 12.5. The van der Waals surface area contributed by atoms with Crippen molar-refractivity contribution in [3.8, 4) is 11.1 Å².